The number of carbonyl (C=O) groups is 1. The molecule has 0 aliphatic heterocycles. The Morgan fingerprint density at radius 3 is 2.23 bits per heavy atom. The van der Waals surface area contributed by atoms with Gasteiger partial charge in [0.2, 0.25) is 11.9 Å². The standard InChI is InChI=1S/C20H17N5O/c21-19(26)18(14-4-2-1-3-5-14)15-8-6-13(7-9-15)16-10-11-17-23-20(22)24-25(17)12-16/h1-12,18H,(H2,21,26)(H2,22,24). The van der Waals surface area contributed by atoms with Crippen LogP contribution in [0.1, 0.15) is 17.0 Å². The maximum atomic E-state index is 12.0. The summed E-state index contributed by atoms with van der Waals surface area (Å²) < 4.78 is 1.65. The van der Waals surface area contributed by atoms with E-state index in [1.54, 1.807) is 4.52 Å². The van der Waals surface area contributed by atoms with Gasteiger partial charge >= 0.3 is 0 Å². The third kappa shape index (κ3) is 2.88. The van der Waals surface area contributed by atoms with Crippen molar-refractivity contribution in [3.05, 3.63) is 84.1 Å². The maximum Gasteiger partial charge on any atom is 0.240 e. The molecule has 0 bridgehead atoms. The predicted molar refractivity (Wildman–Crippen MR) is 100 cm³/mol. The number of nitrogens with two attached hydrogens (primary N) is 2. The van der Waals surface area contributed by atoms with E-state index in [2.05, 4.69) is 10.1 Å². The van der Waals surface area contributed by atoms with Crippen molar-refractivity contribution in [1.29, 1.82) is 0 Å². The van der Waals surface area contributed by atoms with Crippen molar-refractivity contribution in [2.75, 3.05) is 5.73 Å². The molecule has 128 valence electrons. The van der Waals surface area contributed by atoms with Gasteiger partial charge in [0.05, 0.1) is 5.92 Å². The van der Waals surface area contributed by atoms with Crippen molar-refractivity contribution in [3.8, 4) is 11.1 Å². The van der Waals surface area contributed by atoms with E-state index in [0.29, 0.717) is 5.65 Å². The summed E-state index contributed by atoms with van der Waals surface area (Å²) in [6, 6.07) is 21.2. The first kappa shape index (κ1) is 15.8. The number of benzene rings is 2. The molecule has 4 rings (SSSR count). The zero-order chi connectivity index (χ0) is 18.1. The molecule has 0 aliphatic rings. The van der Waals surface area contributed by atoms with E-state index < -0.39 is 5.92 Å². The van der Waals surface area contributed by atoms with Crippen LogP contribution in [0.3, 0.4) is 0 Å². The monoisotopic (exact) mass is 343 g/mol. The van der Waals surface area contributed by atoms with Crippen LogP contribution in [0.4, 0.5) is 5.95 Å². The summed E-state index contributed by atoms with van der Waals surface area (Å²) in [5, 5.41) is 4.13. The first-order valence-electron chi connectivity index (χ1n) is 8.18. The van der Waals surface area contributed by atoms with Crippen LogP contribution < -0.4 is 11.5 Å². The second kappa shape index (κ2) is 6.33. The molecular formula is C20H17N5O. The summed E-state index contributed by atoms with van der Waals surface area (Å²) in [5.74, 6) is -0.601. The van der Waals surface area contributed by atoms with Gasteiger partial charge in [0.25, 0.3) is 0 Å². The number of pyridine rings is 1. The number of amides is 1. The van der Waals surface area contributed by atoms with Gasteiger partial charge in [-0.05, 0) is 28.8 Å². The second-order valence-corrected chi connectivity index (χ2v) is 6.06. The molecule has 2 heterocycles. The van der Waals surface area contributed by atoms with Crippen molar-refractivity contribution in [2.24, 2.45) is 5.73 Å². The molecule has 4 aromatic rings. The Labute approximate surface area is 150 Å². The fraction of sp³-hybridized carbons (Fsp3) is 0.0500. The Hall–Kier alpha value is -3.67. The second-order valence-electron chi connectivity index (χ2n) is 6.06. The van der Waals surface area contributed by atoms with Crippen LogP contribution in [0.5, 0.6) is 0 Å². The Balaban J connectivity index is 1.69. The number of nitrogens with zero attached hydrogens (tertiary/aromatic N) is 3. The number of fused-ring (bicyclic) bond motifs is 1. The third-order valence-electron chi connectivity index (χ3n) is 4.34. The fourth-order valence-corrected chi connectivity index (χ4v) is 3.11. The Kier molecular flexibility index (Phi) is 3.85. The number of nitrogen functional groups attached to an aromatic ring is 1. The molecule has 0 saturated carbocycles. The SMILES string of the molecule is NC(=O)C(c1ccccc1)c1ccc(-c2ccc3nc(N)nn3c2)cc1. The molecule has 6 heteroatoms. The highest BCUT2D eigenvalue weighted by molar-refractivity contribution is 5.85. The molecule has 1 atom stereocenters. The lowest BCUT2D eigenvalue weighted by molar-refractivity contribution is -0.118. The zero-order valence-electron chi connectivity index (χ0n) is 13.9. The highest BCUT2D eigenvalue weighted by atomic mass is 16.1. The zero-order valence-corrected chi connectivity index (χ0v) is 13.9. The molecule has 26 heavy (non-hydrogen) atoms. The quantitative estimate of drug-likeness (QED) is 0.595. The summed E-state index contributed by atoms with van der Waals surface area (Å²) in [6.45, 7) is 0. The van der Waals surface area contributed by atoms with Gasteiger partial charge in [0.15, 0.2) is 5.65 Å². The number of hydrogen-bond acceptors (Lipinski definition) is 4. The fourth-order valence-electron chi connectivity index (χ4n) is 3.11. The predicted octanol–water partition coefficient (Wildman–Crippen LogP) is 2.60. The van der Waals surface area contributed by atoms with Crippen molar-refractivity contribution in [1.82, 2.24) is 14.6 Å². The van der Waals surface area contributed by atoms with Crippen molar-refractivity contribution >= 4 is 17.5 Å². The normalized spacial score (nSPS) is 12.2. The maximum absolute atomic E-state index is 12.0. The van der Waals surface area contributed by atoms with E-state index >= 15 is 0 Å². The molecule has 1 amide bonds. The molecule has 0 aliphatic carbocycles. The lowest BCUT2D eigenvalue weighted by atomic mass is 9.90. The summed E-state index contributed by atoms with van der Waals surface area (Å²) in [6.07, 6.45) is 1.87. The van der Waals surface area contributed by atoms with Gasteiger partial charge in [0.1, 0.15) is 0 Å². The van der Waals surface area contributed by atoms with E-state index in [0.717, 1.165) is 22.3 Å². The van der Waals surface area contributed by atoms with Crippen molar-refractivity contribution < 1.29 is 4.79 Å². The van der Waals surface area contributed by atoms with Crippen LogP contribution in [-0.2, 0) is 4.79 Å². The minimum absolute atomic E-state index is 0.240. The molecule has 2 aromatic carbocycles. The van der Waals surface area contributed by atoms with E-state index in [1.807, 2.05) is 72.9 Å². The minimum atomic E-state index is -0.470. The molecule has 6 nitrogen and oxygen atoms in total. The number of anilines is 1. The van der Waals surface area contributed by atoms with Gasteiger partial charge in [-0.25, -0.2) is 4.52 Å². The molecule has 0 radical (unpaired) electrons. The molecular weight excluding hydrogens is 326 g/mol. The summed E-state index contributed by atoms with van der Waals surface area (Å²) in [7, 11) is 0. The van der Waals surface area contributed by atoms with Crippen LogP contribution in [0.25, 0.3) is 16.8 Å². The van der Waals surface area contributed by atoms with Crippen LogP contribution >= 0.6 is 0 Å². The number of hydrogen-bond donors (Lipinski definition) is 2. The van der Waals surface area contributed by atoms with Crippen molar-refractivity contribution in [3.63, 3.8) is 0 Å². The number of carbonyl (C=O) groups excluding carboxylic acids is 1. The van der Waals surface area contributed by atoms with Gasteiger partial charge < -0.3 is 11.5 Å². The van der Waals surface area contributed by atoms with E-state index in [-0.39, 0.29) is 11.9 Å². The minimum Gasteiger partial charge on any atom is -0.369 e. The number of aromatic nitrogens is 3. The molecule has 2 aromatic heterocycles. The van der Waals surface area contributed by atoms with Gasteiger partial charge in [-0.3, -0.25) is 4.79 Å². The van der Waals surface area contributed by atoms with Crippen LogP contribution in [0.15, 0.2) is 72.9 Å². The lowest BCUT2D eigenvalue weighted by Gasteiger charge is -2.15. The first-order valence-corrected chi connectivity index (χ1v) is 8.18. The highest BCUT2D eigenvalue weighted by Gasteiger charge is 2.19. The Bertz CT molecular complexity index is 1070. The lowest BCUT2D eigenvalue weighted by Crippen LogP contribution is -2.22. The van der Waals surface area contributed by atoms with Crippen molar-refractivity contribution in [2.45, 2.75) is 5.92 Å². The molecule has 4 N–H and O–H groups in total. The van der Waals surface area contributed by atoms with Gasteiger partial charge in [-0.15, -0.1) is 5.10 Å². The van der Waals surface area contributed by atoms with Gasteiger partial charge in [-0.1, -0.05) is 54.6 Å². The molecule has 0 saturated heterocycles. The van der Waals surface area contributed by atoms with E-state index in [4.69, 9.17) is 11.5 Å². The first-order chi connectivity index (χ1) is 12.6. The van der Waals surface area contributed by atoms with Crippen LogP contribution in [0.2, 0.25) is 0 Å². The van der Waals surface area contributed by atoms with Gasteiger partial charge in [0, 0.05) is 11.8 Å². The summed E-state index contributed by atoms with van der Waals surface area (Å²) in [4.78, 5) is 16.1. The average Bonchev–Trinajstić information content (AvgIpc) is 3.02. The van der Waals surface area contributed by atoms with Crippen LogP contribution in [0, 0.1) is 0 Å². The van der Waals surface area contributed by atoms with E-state index in [1.165, 1.54) is 0 Å². The highest BCUT2D eigenvalue weighted by Crippen LogP contribution is 2.27. The average molecular weight is 343 g/mol. The van der Waals surface area contributed by atoms with E-state index in [9.17, 15) is 4.79 Å². The smallest absolute Gasteiger partial charge is 0.240 e. The number of rotatable bonds is 4. The molecule has 1 unspecified atom stereocenters. The summed E-state index contributed by atoms with van der Waals surface area (Å²) >= 11 is 0. The van der Waals surface area contributed by atoms with Crippen LogP contribution in [-0.4, -0.2) is 20.5 Å². The van der Waals surface area contributed by atoms with Gasteiger partial charge in [-0.2, -0.15) is 4.98 Å². The topological polar surface area (TPSA) is 99.3 Å². The third-order valence-corrected chi connectivity index (χ3v) is 4.34. The molecule has 0 fully saturated rings. The summed E-state index contributed by atoms with van der Waals surface area (Å²) in [5.41, 5.74) is 15.7. The number of primary amides is 1. The molecule has 0 spiro atoms. The Morgan fingerprint density at radius 2 is 1.54 bits per heavy atom. The largest absolute Gasteiger partial charge is 0.369 e. The Morgan fingerprint density at radius 1 is 0.885 bits per heavy atom.